The summed E-state index contributed by atoms with van der Waals surface area (Å²) < 4.78 is 3.87. The fraction of sp³-hybridized carbons (Fsp3) is 0.500. The Bertz CT molecular complexity index is 904. The standard InChI is InChI=1S/C18H23N5OS/c1-13-14(2)19-12-23(17(13)24)9-15-3-5-21(6-4-15)10-16-11-22-7-8-25-18(22)20-16/h7-8,11-12,15H,3-6,9-10H2,1-2H3. The van der Waals surface area contributed by atoms with Crippen molar-refractivity contribution in [3.63, 3.8) is 0 Å². The number of aromatic nitrogens is 4. The molecule has 6 nitrogen and oxygen atoms in total. The molecule has 0 spiro atoms. The number of rotatable bonds is 4. The quantitative estimate of drug-likeness (QED) is 0.720. The van der Waals surface area contributed by atoms with Gasteiger partial charge in [-0.15, -0.1) is 11.3 Å². The lowest BCUT2D eigenvalue weighted by atomic mass is 9.96. The molecule has 0 unspecified atom stereocenters. The zero-order valence-electron chi connectivity index (χ0n) is 14.7. The van der Waals surface area contributed by atoms with Crippen molar-refractivity contribution in [1.29, 1.82) is 0 Å². The molecule has 0 bridgehead atoms. The molecule has 0 saturated carbocycles. The van der Waals surface area contributed by atoms with Gasteiger partial charge >= 0.3 is 0 Å². The molecule has 0 amide bonds. The molecule has 7 heteroatoms. The molecule has 0 atom stereocenters. The third kappa shape index (κ3) is 3.39. The first-order valence-electron chi connectivity index (χ1n) is 8.76. The Hall–Kier alpha value is -1.99. The van der Waals surface area contributed by atoms with Crippen molar-refractivity contribution in [1.82, 2.24) is 23.8 Å². The van der Waals surface area contributed by atoms with Crippen molar-refractivity contribution in [3.05, 3.63) is 51.4 Å². The Labute approximate surface area is 150 Å². The second-order valence-electron chi connectivity index (χ2n) is 6.96. The highest BCUT2D eigenvalue weighted by Crippen LogP contribution is 2.21. The zero-order valence-corrected chi connectivity index (χ0v) is 15.5. The second-order valence-corrected chi connectivity index (χ2v) is 7.83. The minimum atomic E-state index is 0.105. The number of nitrogens with zero attached hydrogens (tertiary/aromatic N) is 5. The summed E-state index contributed by atoms with van der Waals surface area (Å²) in [6.07, 6.45) is 8.11. The lowest BCUT2D eigenvalue weighted by Gasteiger charge is -2.31. The van der Waals surface area contributed by atoms with Crippen molar-refractivity contribution in [2.45, 2.75) is 39.8 Å². The molecule has 0 aromatic carbocycles. The summed E-state index contributed by atoms with van der Waals surface area (Å²) in [6.45, 7) is 7.55. The van der Waals surface area contributed by atoms with Crippen LogP contribution >= 0.6 is 11.3 Å². The maximum Gasteiger partial charge on any atom is 0.256 e. The van der Waals surface area contributed by atoms with Crippen LogP contribution in [0.15, 0.2) is 28.9 Å². The smallest absolute Gasteiger partial charge is 0.256 e. The fourth-order valence-electron chi connectivity index (χ4n) is 3.49. The SMILES string of the molecule is Cc1ncn(CC2CCN(Cc3cn4ccsc4n3)CC2)c(=O)c1C. The molecule has 1 fully saturated rings. The first-order chi connectivity index (χ1) is 12.1. The third-order valence-corrected chi connectivity index (χ3v) is 5.98. The molecule has 1 aliphatic heterocycles. The minimum absolute atomic E-state index is 0.105. The molecule has 25 heavy (non-hydrogen) atoms. The average Bonchev–Trinajstić information content (AvgIpc) is 3.18. The van der Waals surface area contributed by atoms with Crippen LogP contribution in [0.4, 0.5) is 0 Å². The molecule has 0 N–H and O–H groups in total. The van der Waals surface area contributed by atoms with Gasteiger partial charge in [-0.25, -0.2) is 9.97 Å². The van der Waals surface area contributed by atoms with Crippen LogP contribution in [0.25, 0.3) is 4.96 Å². The maximum absolute atomic E-state index is 12.3. The van der Waals surface area contributed by atoms with Crippen LogP contribution in [-0.4, -0.2) is 36.9 Å². The van der Waals surface area contributed by atoms with Crippen LogP contribution < -0.4 is 5.56 Å². The van der Waals surface area contributed by atoms with Gasteiger partial charge in [0.05, 0.1) is 12.0 Å². The molecule has 4 rings (SSSR count). The van der Waals surface area contributed by atoms with Crippen LogP contribution in [0.3, 0.4) is 0 Å². The Kier molecular flexibility index (Phi) is 4.43. The number of hydrogen-bond donors (Lipinski definition) is 0. The van der Waals surface area contributed by atoms with Gasteiger partial charge in [0.1, 0.15) is 0 Å². The van der Waals surface area contributed by atoms with Crippen molar-refractivity contribution < 1.29 is 0 Å². The van der Waals surface area contributed by atoms with Gasteiger partial charge in [0.25, 0.3) is 5.56 Å². The molecule has 3 aromatic heterocycles. The molecule has 0 radical (unpaired) electrons. The maximum atomic E-state index is 12.3. The highest BCUT2D eigenvalue weighted by atomic mass is 32.1. The van der Waals surface area contributed by atoms with Gasteiger partial charge < -0.3 is 0 Å². The van der Waals surface area contributed by atoms with Gasteiger partial charge in [-0.3, -0.25) is 18.7 Å². The van der Waals surface area contributed by atoms with E-state index in [9.17, 15) is 4.79 Å². The van der Waals surface area contributed by atoms with Crippen molar-refractivity contribution >= 4 is 16.3 Å². The second kappa shape index (κ2) is 6.72. The van der Waals surface area contributed by atoms with Crippen LogP contribution in [0.5, 0.6) is 0 Å². The molecule has 4 heterocycles. The Morgan fingerprint density at radius 2 is 2.08 bits per heavy atom. The predicted molar refractivity (Wildman–Crippen MR) is 99.0 cm³/mol. The van der Waals surface area contributed by atoms with E-state index in [0.29, 0.717) is 5.92 Å². The van der Waals surface area contributed by atoms with Crippen LogP contribution in [0.1, 0.15) is 29.8 Å². The molecular weight excluding hydrogens is 334 g/mol. The predicted octanol–water partition coefficient (Wildman–Crippen LogP) is 2.48. The van der Waals surface area contributed by atoms with E-state index in [-0.39, 0.29) is 5.56 Å². The summed E-state index contributed by atoms with van der Waals surface area (Å²) in [4.78, 5) is 24.9. The summed E-state index contributed by atoms with van der Waals surface area (Å²) in [6, 6.07) is 0. The number of hydrogen-bond acceptors (Lipinski definition) is 5. The van der Waals surface area contributed by atoms with E-state index in [0.717, 1.165) is 60.9 Å². The van der Waals surface area contributed by atoms with E-state index in [1.54, 1.807) is 22.2 Å². The van der Waals surface area contributed by atoms with E-state index in [1.807, 2.05) is 13.8 Å². The van der Waals surface area contributed by atoms with Crippen LogP contribution in [0.2, 0.25) is 0 Å². The summed E-state index contributed by atoms with van der Waals surface area (Å²) >= 11 is 1.67. The van der Waals surface area contributed by atoms with Gasteiger partial charge in [0.15, 0.2) is 4.96 Å². The highest BCUT2D eigenvalue weighted by Gasteiger charge is 2.21. The van der Waals surface area contributed by atoms with Crippen LogP contribution in [0, 0.1) is 19.8 Å². The van der Waals surface area contributed by atoms with Gasteiger partial charge in [0.2, 0.25) is 0 Å². The molecule has 1 saturated heterocycles. The Balaban J connectivity index is 1.34. The summed E-state index contributed by atoms with van der Waals surface area (Å²) in [7, 11) is 0. The topological polar surface area (TPSA) is 55.4 Å². The largest absolute Gasteiger partial charge is 0.299 e. The summed E-state index contributed by atoms with van der Waals surface area (Å²) in [5.41, 5.74) is 2.84. The summed E-state index contributed by atoms with van der Waals surface area (Å²) in [5, 5.41) is 2.06. The van der Waals surface area contributed by atoms with Crippen molar-refractivity contribution in [2.24, 2.45) is 5.92 Å². The lowest BCUT2D eigenvalue weighted by molar-refractivity contribution is 0.165. The summed E-state index contributed by atoms with van der Waals surface area (Å²) in [5.74, 6) is 0.545. The Morgan fingerprint density at radius 3 is 2.84 bits per heavy atom. The lowest BCUT2D eigenvalue weighted by Crippen LogP contribution is -2.36. The van der Waals surface area contributed by atoms with Gasteiger partial charge in [0, 0.05) is 42.1 Å². The van der Waals surface area contributed by atoms with E-state index < -0.39 is 0 Å². The van der Waals surface area contributed by atoms with E-state index in [4.69, 9.17) is 0 Å². The molecule has 3 aromatic rings. The van der Waals surface area contributed by atoms with E-state index in [2.05, 4.69) is 37.0 Å². The number of aryl methyl sites for hydroxylation is 1. The first kappa shape index (κ1) is 16.5. The van der Waals surface area contributed by atoms with Gasteiger partial charge in [-0.05, 0) is 45.7 Å². The minimum Gasteiger partial charge on any atom is -0.299 e. The van der Waals surface area contributed by atoms with Crippen molar-refractivity contribution in [3.8, 4) is 0 Å². The van der Waals surface area contributed by atoms with Gasteiger partial charge in [-0.2, -0.15) is 0 Å². The van der Waals surface area contributed by atoms with E-state index in [1.165, 1.54) is 0 Å². The average molecular weight is 357 g/mol. The number of imidazole rings is 1. The number of likely N-dealkylation sites (tertiary alicyclic amines) is 1. The van der Waals surface area contributed by atoms with E-state index >= 15 is 0 Å². The fourth-order valence-corrected chi connectivity index (χ4v) is 4.21. The molecule has 0 aliphatic carbocycles. The van der Waals surface area contributed by atoms with Gasteiger partial charge in [-0.1, -0.05) is 0 Å². The first-order valence-corrected chi connectivity index (χ1v) is 9.64. The highest BCUT2D eigenvalue weighted by molar-refractivity contribution is 7.15. The Morgan fingerprint density at radius 1 is 1.28 bits per heavy atom. The number of fused-ring (bicyclic) bond motifs is 1. The van der Waals surface area contributed by atoms with Crippen LogP contribution in [-0.2, 0) is 13.1 Å². The monoisotopic (exact) mass is 357 g/mol. The number of thiazole rings is 1. The molecule has 1 aliphatic rings. The van der Waals surface area contributed by atoms with Crippen molar-refractivity contribution in [2.75, 3.05) is 13.1 Å². The number of piperidine rings is 1. The molecule has 132 valence electrons. The normalized spacial score (nSPS) is 16.7. The zero-order chi connectivity index (χ0) is 17.4. The third-order valence-electron chi connectivity index (χ3n) is 5.21. The molecular formula is C18H23N5OS.